The molecule has 0 fully saturated rings. The maximum absolute atomic E-state index is 8.91. The van der Waals surface area contributed by atoms with Crippen molar-refractivity contribution < 1.29 is 0 Å². The fourth-order valence-corrected chi connectivity index (χ4v) is 1.73. The van der Waals surface area contributed by atoms with Crippen LogP contribution in [-0.2, 0) is 0 Å². The summed E-state index contributed by atoms with van der Waals surface area (Å²) in [5, 5.41) is 8.91. The average Bonchev–Trinajstić information content (AvgIpc) is 2.23. The average molecular weight is 210 g/mol. The summed E-state index contributed by atoms with van der Waals surface area (Å²) in [4.78, 5) is 2.49. The first kappa shape index (κ1) is 14.5. The van der Waals surface area contributed by atoms with Gasteiger partial charge in [-0.2, -0.15) is 5.26 Å². The highest BCUT2D eigenvalue weighted by Gasteiger charge is 2.17. The van der Waals surface area contributed by atoms with E-state index < -0.39 is 0 Å². The van der Waals surface area contributed by atoms with E-state index in [0.29, 0.717) is 6.04 Å². The third-order valence-electron chi connectivity index (χ3n) is 3.17. The predicted molar refractivity (Wildman–Crippen MR) is 65.6 cm³/mol. The molecule has 15 heavy (non-hydrogen) atoms. The van der Waals surface area contributed by atoms with Gasteiger partial charge in [-0.05, 0) is 53.1 Å². The molecule has 0 aromatic heterocycles. The highest BCUT2D eigenvalue weighted by Crippen LogP contribution is 2.21. The lowest BCUT2D eigenvalue weighted by Gasteiger charge is -2.27. The monoisotopic (exact) mass is 210 g/mol. The first-order valence-electron chi connectivity index (χ1n) is 6.12. The Morgan fingerprint density at radius 1 is 1.33 bits per heavy atom. The van der Waals surface area contributed by atoms with Crippen LogP contribution < -0.4 is 0 Å². The Labute approximate surface area is 95.3 Å². The van der Waals surface area contributed by atoms with Crippen molar-refractivity contribution in [2.24, 2.45) is 5.41 Å². The topological polar surface area (TPSA) is 27.0 Å². The first-order chi connectivity index (χ1) is 6.96. The van der Waals surface area contributed by atoms with Crippen molar-refractivity contribution in [3.63, 3.8) is 0 Å². The fourth-order valence-electron chi connectivity index (χ4n) is 1.73. The Kier molecular flexibility index (Phi) is 6.60. The zero-order chi connectivity index (χ0) is 11.9. The molecule has 0 aliphatic carbocycles. The van der Waals surface area contributed by atoms with Crippen LogP contribution in [0.15, 0.2) is 0 Å². The summed E-state index contributed by atoms with van der Waals surface area (Å²) >= 11 is 0. The summed E-state index contributed by atoms with van der Waals surface area (Å²) in [6.45, 7) is 13.0. The molecule has 0 spiro atoms. The molecular formula is C13H26N2. The van der Waals surface area contributed by atoms with E-state index in [9.17, 15) is 0 Å². The zero-order valence-corrected chi connectivity index (χ0v) is 11.0. The van der Waals surface area contributed by atoms with Crippen molar-refractivity contribution in [2.75, 3.05) is 13.1 Å². The molecule has 0 amide bonds. The van der Waals surface area contributed by atoms with E-state index in [0.717, 1.165) is 25.9 Å². The predicted octanol–water partition coefficient (Wildman–Crippen LogP) is 3.44. The van der Waals surface area contributed by atoms with Gasteiger partial charge < -0.3 is 4.90 Å². The molecule has 0 aliphatic rings. The van der Waals surface area contributed by atoms with Crippen LogP contribution in [-0.4, -0.2) is 24.0 Å². The van der Waals surface area contributed by atoms with Crippen molar-refractivity contribution in [1.29, 1.82) is 5.26 Å². The van der Waals surface area contributed by atoms with Crippen LogP contribution in [0.2, 0.25) is 0 Å². The van der Waals surface area contributed by atoms with E-state index >= 15 is 0 Å². The first-order valence-corrected chi connectivity index (χ1v) is 6.12. The Bertz CT molecular complexity index is 203. The van der Waals surface area contributed by atoms with Crippen molar-refractivity contribution in [3.8, 4) is 6.07 Å². The number of nitriles is 1. The van der Waals surface area contributed by atoms with Crippen LogP contribution in [0.5, 0.6) is 0 Å². The molecule has 0 N–H and O–H groups in total. The van der Waals surface area contributed by atoms with Gasteiger partial charge in [0.1, 0.15) is 0 Å². The van der Waals surface area contributed by atoms with Gasteiger partial charge in [0.25, 0.3) is 0 Å². The largest absolute Gasteiger partial charge is 0.301 e. The SMILES string of the molecule is CCC(C)N(CC)CCCC(C)(C)C#N. The zero-order valence-electron chi connectivity index (χ0n) is 11.0. The number of rotatable bonds is 7. The molecule has 2 nitrogen and oxygen atoms in total. The van der Waals surface area contributed by atoms with Crippen molar-refractivity contribution in [2.45, 2.75) is 59.9 Å². The van der Waals surface area contributed by atoms with Gasteiger partial charge in [-0.15, -0.1) is 0 Å². The summed E-state index contributed by atoms with van der Waals surface area (Å²) in [6, 6.07) is 3.02. The molecule has 0 bridgehead atoms. The van der Waals surface area contributed by atoms with Crippen molar-refractivity contribution in [3.05, 3.63) is 0 Å². The molecular weight excluding hydrogens is 184 g/mol. The lowest BCUT2D eigenvalue weighted by Crippen LogP contribution is -2.33. The summed E-state index contributed by atoms with van der Waals surface area (Å²) in [5.74, 6) is 0. The molecule has 1 atom stereocenters. The highest BCUT2D eigenvalue weighted by molar-refractivity contribution is 4.91. The molecule has 0 rings (SSSR count). The molecule has 0 saturated carbocycles. The van der Waals surface area contributed by atoms with Crippen LogP contribution in [0, 0.1) is 16.7 Å². The molecule has 0 aromatic carbocycles. The van der Waals surface area contributed by atoms with Crippen LogP contribution in [0.25, 0.3) is 0 Å². The Morgan fingerprint density at radius 2 is 1.93 bits per heavy atom. The van der Waals surface area contributed by atoms with E-state index in [2.05, 4.69) is 31.7 Å². The van der Waals surface area contributed by atoms with Crippen LogP contribution in [0.3, 0.4) is 0 Å². The lowest BCUT2D eigenvalue weighted by molar-refractivity contribution is 0.203. The second-order valence-electron chi connectivity index (χ2n) is 4.99. The second kappa shape index (κ2) is 6.85. The van der Waals surface area contributed by atoms with E-state index in [1.807, 2.05) is 13.8 Å². The van der Waals surface area contributed by atoms with Crippen LogP contribution in [0.1, 0.15) is 53.9 Å². The van der Waals surface area contributed by atoms with Gasteiger partial charge in [-0.3, -0.25) is 0 Å². The maximum atomic E-state index is 8.91. The Balaban J connectivity index is 3.88. The van der Waals surface area contributed by atoms with Crippen molar-refractivity contribution in [1.82, 2.24) is 4.90 Å². The normalized spacial score (nSPS) is 13.9. The standard InChI is InChI=1S/C13H26N2/c1-6-12(3)15(7-2)10-8-9-13(4,5)11-14/h12H,6-10H2,1-5H3. The Hall–Kier alpha value is -0.550. The van der Waals surface area contributed by atoms with Crippen molar-refractivity contribution >= 4 is 0 Å². The quantitative estimate of drug-likeness (QED) is 0.643. The molecule has 0 radical (unpaired) electrons. The lowest BCUT2D eigenvalue weighted by atomic mass is 9.90. The summed E-state index contributed by atoms with van der Waals surface area (Å²) in [7, 11) is 0. The minimum Gasteiger partial charge on any atom is -0.301 e. The van der Waals surface area contributed by atoms with Gasteiger partial charge in [0.05, 0.1) is 11.5 Å². The molecule has 0 aromatic rings. The summed E-state index contributed by atoms with van der Waals surface area (Å²) in [5.41, 5.74) is -0.158. The summed E-state index contributed by atoms with van der Waals surface area (Å²) < 4.78 is 0. The van der Waals surface area contributed by atoms with E-state index in [1.165, 1.54) is 6.42 Å². The highest BCUT2D eigenvalue weighted by atomic mass is 15.1. The third-order valence-corrected chi connectivity index (χ3v) is 3.17. The molecule has 88 valence electrons. The van der Waals surface area contributed by atoms with E-state index in [-0.39, 0.29) is 5.41 Å². The minimum atomic E-state index is -0.158. The number of nitrogens with zero attached hydrogens (tertiary/aromatic N) is 2. The number of hydrogen-bond acceptors (Lipinski definition) is 2. The van der Waals surface area contributed by atoms with E-state index in [1.54, 1.807) is 0 Å². The van der Waals surface area contributed by atoms with E-state index in [4.69, 9.17) is 5.26 Å². The second-order valence-corrected chi connectivity index (χ2v) is 4.99. The Morgan fingerprint density at radius 3 is 2.33 bits per heavy atom. The fraction of sp³-hybridized carbons (Fsp3) is 0.923. The van der Waals surface area contributed by atoms with Gasteiger partial charge >= 0.3 is 0 Å². The molecule has 2 heteroatoms. The molecule has 0 saturated heterocycles. The minimum absolute atomic E-state index is 0.158. The summed E-state index contributed by atoms with van der Waals surface area (Å²) in [6.07, 6.45) is 3.32. The van der Waals surface area contributed by atoms with Gasteiger partial charge in [0.2, 0.25) is 0 Å². The van der Waals surface area contributed by atoms with Gasteiger partial charge in [0, 0.05) is 6.04 Å². The third kappa shape index (κ3) is 5.79. The van der Waals surface area contributed by atoms with Gasteiger partial charge in [-0.1, -0.05) is 13.8 Å². The van der Waals surface area contributed by atoms with Crippen LogP contribution in [0.4, 0.5) is 0 Å². The molecule has 0 aliphatic heterocycles. The molecule has 1 unspecified atom stereocenters. The van der Waals surface area contributed by atoms with Gasteiger partial charge in [-0.25, -0.2) is 0 Å². The molecule has 0 heterocycles. The van der Waals surface area contributed by atoms with Gasteiger partial charge in [0.15, 0.2) is 0 Å². The number of hydrogen-bond donors (Lipinski definition) is 0. The van der Waals surface area contributed by atoms with Crippen LogP contribution >= 0.6 is 0 Å². The maximum Gasteiger partial charge on any atom is 0.0683 e. The smallest absolute Gasteiger partial charge is 0.0683 e.